The number of rotatable bonds is 4. The molecule has 0 aromatic carbocycles. The number of hydrogen-bond donors (Lipinski definition) is 1. The lowest BCUT2D eigenvalue weighted by Crippen LogP contribution is -2.03. The highest BCUT2D eigenvalue weighted by molar-refractivity contribution is 6.08. The predicted octanol–water partition coefficient (Wildman–Crippen LogP) is 2.92. The molecule has 1 heterocycles. The number of Topliss-reactive ketones (excluding diaryl/α,β-unsaturated/α-hetero) is 1. The summed E-state index contributed by atoms with van der Waals surface area (Å²) in [4.78, 5) is 18.1. The zero-order valence-corrected chi connectivity index (χ0v) is 9.16. The number of carbonyl (C=O) groups excluding carboxylic acids is 1. The van der Waals surface area contributed by atoms with Crippen molar-refractivity contribution in [3.8, 4) is 0 Å². The first kappa shape index (κ1) is 13.1. The van der Waals surface area contributed by atoms with Gasteiger partial charge in [0.1, 0.15) is 0 Å². The summed E-state index contributed by atoms with van der Waals surface area (Å²) in [5, 5.41) is 0. The molecular formula is C12H16N2O. The quantitative estimate of drug-likeness (QED) is 0.465. The summed E-state index contributed by atoms with van der Waals surface area (Å²) in [7, 11) is 0. The van der Waals surface area contributed by atoms with E-state index in [1.807, 2.05) is 13.8 Å². The van der Waals surface area contributed by atoms with Crippen molar-refractivity contribution in [1.29, 1.82) is 0 Å². The van der Waals surface area contributed by atoms with Gasteiger partial charge in [-0.05, 0) is 0 Å². The standard InChI is InChI=1S/C10H10N2O.C2H6/c1-3-5-8(4-2)9(13)10-11-6-7-12-10;1-2/h3-7H,1-2H2,(H,11,12);1-2H3/b8-5+;. The van der Waals surface area contributed by atoms with Gasteiger partial charge in [0.25, 0.3) is 0 Å². The van der Waals surface area contributed by atoms with Crippen molar-refractivity contribution in [2.24, 2.45) is 0 Å². The minimum absolute atomic E-state index is 0.181. The molecule has 1 aromatic heterocycles. The van der Waals surface area contributed by atoms with Gasteiger partial charge in [-0.25, -0.2) is 4.98 Å². The summed E-state index contributed by atoms with van der Waals surface area (Å²) in [5.41, 5.74) is 0.477. The second-order valence-electron chi connectivity index (χ2n) is 2.33. The number of allylic oxidation sites excluding steroid dienone is 4. The number of H-pyrrole nitrogens is 1. The average molecular weight is 204 g/mol. The molecule has 0 bridgehead atoms. The van der Waals surface area contributed by atoms with E-state index in [-0.39, 0.29) is 5.78 Å². The Morgan fingerprint density at radius 1 is 1.47 bits per heavy atom. The van der Waals surface area contributed by atoms with E-state index in [9.17, 15) is 4.79 Å². The van der Waals surface area contributed by atoms with Gasteiger partial charge in [0, 0.05) is 18.0 Å². The third kappa shape index (κ3) is 3.77. The molecule has 0 atom stereocenters. The van der Waals surface area contributed by atoms with Gasteiger partial charge >= 0.3 is 0 Å². The molecule has 1 N–H and O–H groups in total. The van der Waals surface area contributed by atoms with Crippen LogP contribution in [0.5, 0.6) is 0 Å². The topological polar surface area (TPSA) is 45.8 Å². The van der Waals surface area contributed by atoms with Crippen molar-refractivity contribution in [3.63, 3.8) is 0 Å². The molecule has 1 rings (SSSR count). The molecule has 80 valence electrons. The maximum absolute atomic E-state index is 11.5. The van der Waals surface area contributed by atoms with E-state index in [1.165, 1.54) is 18.3 Å². The predicted molar refractivity (Wildman–Crippen MR) is 62.7 cm³/mol. The molecule has 0 saturated heterocycles. The number of hydrogen-bond acceptors (Lipinski definition) is 2. The summed E-state index contributed by atoms with van der Waals surface area (Å²) >= 11 is 0. The first-order valence-electron chi connectivity index (χ1n) is 4.79. The number of nitrogens with zero attached hydrogens (tertiary/aromatic N) is 1. The van der Waals surface area contributed by atoms with E-state index in [4.69, 9.17) is 0 Å². The number of aromatic amines is 1. The van der Waals surface area contributed by atoms with Crippen LogP contribution in [0.2, 0.25) is 0 Å². The van der Waals surface area contributed by atoms with Gasteiger partial charge in [0.2, 0.25) is 5.78 Å². The fourth-order valence-corrected chi connectivity index (χ4v) is 0.890. The molecule has 3 nitrogen and oxygen atoms in total. The zero-order chi connectivity index (χ0) is 11.7. The third-order valence-corrected chi connectivity index (χ3v) is 1.49. The Hall–Kier alpha value is -1.90. The number of imidazole rings is 1. The Morgan fingerprint density at radius 2 is 2.13 bits per heavy atom. The van der Waals surface area contributed by atoms with Crippen LogP contribution >= 0.6 is 0 Å². The Labute approximate surface area is 90.2 Å². The molecule has 15 heavy (non-hydrogen) atoms. The monoisotopic (exact) mass is 204 g/mol. The highest BCUT2D eigenvalue weighted by Gasteiger charge is 2.10. The Bertz CT molecular complexity index is 348. The van der Waals surface area contributed by atoms with Crippen LogP contribution in [0.4, 0.5) is 0 Å². The molecule has 1 aromatic rings. The number of aromatic nitrogens is 2. The Balaban J connectivity index is 0.000000921. The molecule has 0 saturated carbocycles. The normalized spacial score (nSPS) is 9.87. The summed E-state index contributed by atoms with van der Waals surface area (Å²) in [5.74, 6) is 0.132. The van der Waals surface area contributed by atoms with Crippen LogP contribution in [0.3, 0.4) is 0 Å². The molecule has 0 aliphatic heterocycles. The van der Waals surface area contributed by atoms with Crippen molar-refractivity contribution in [3.05, 3.63) is 55.2 Å². The van der Waals surface area contributed by atoms with Crippen molar-refractivity contribution in [2.45, 2.75) is 13.8 Å². The summed E-state index contributed by atoms with van der Waals surface area (Å²) in [6.45, 7) is 11.0. The highest BCUT2D eigenvalue weighted by atomic mass is 16.1. The van der Waals surface area contributed by atoms with Crippen LogP contribution < -0.4 is 0 Å². The van der Waals surface area contributed by atoms with Crippen molar-refractivity contribution >= 4 is 5.78 Å². The van der Waals surface area contributed by atoms with Gasteiger partial charge in [-0.2, -0.15) is 0 Å². The van der Waals surface area contributed by atoms with Crippen LogP contribution in [0, 0.1) is 0 Å². The lowest BCUT2D eigenvalue weighted by molar-refractivity contribution is 0.102. The maximum Gasteiger partial charge on any atom is 0.228 e. The number of ketones is 1. The van der Waals surface area contributed by atoms with Crippen LogP contribution in [0.25, 0.3) is 0 Å². The molecule has 0 aliphatic rings. The molecule has 0 amide bonds. The largest absolute Gasteiger partial charge is 0.342 e. The van der Waals surface area contributed by atoms with E-state index < -0.39 is 0 Å². The van der Waals surface area contributed by atoms with Gasteiger partial charge in [0.05, 0.1) is 0 Å². The smallest absolute Gasteiger partial charge is 0.228 e. The molecular weight excluding hydrogens is 188 g/mol. The summed E-state index contributed by atoms with van der Waals surface area (Å²) in [6, 6.07) is 0. The zero-order valence-electron chi connectivity index (χ0n) is 9.16. The molecule has 0 unspecified atom stereocenters. The van der Waals surface area contributed by atoms with Crippen molar-refractivity contribution in [2.75, 3.05) is 0 Å². The molecule has 0 spiro atoms. The van der Waals surface area contributed by atoms with Gasteiger partial charge in [0.15, 0.2) is 5.82 Å². The van der Waals surface area contributed by atoms with Gasteiger partial charge in [-0.3, -0.25) is 4.79 Å². The first-order valence-corrected chi connectivity index (χ1v) is 4.79. The molecule has 3 heteroatoms. The fraction of sp³-hybridized carbons (Fsp3) is 0.167. The first-order chi connectivity index (χ1) is 7.29. The Morgan fingerprint density at radius 3 is 2.53 bits per heavy atom. The second kappa shape index (κ2) is 7.50. The minimum Gasteiger partial charge on any atom is -0.342 e. The van der Waals surface area contributed by atoms with E-state index in [0.29, 0.717) is 11.4 Å². The third-order valence-electron chi connectivity index (χ3n) is 1.49. The van der Waals surface area contributed by atoms with Crippen LogP contribution in [0.1, 0.15) is 24.5 Å². The van der Waals surface area contributed by atoms with Crippen LogP contribution in [-0.2, 0) is 0 Å². The lowest BCUT2D eigenvalue weighted by Gasteiger charge is -1.95. The molecule has 0 aliphatic carbocycles. The van der Waals surface area contributed by atoms with Crippen molar-refractivity contribution in [1.82, 2.24) is 9.97 Å². The summed E-state index contributed by atoms with van der Waals surface area (Å²) < 4.78 is 0. The fourth-order valence-electron chi connectivity index (χ4n) is 0.890. The molecule has 0 fully saturated rings. The maximum atomic E-state index is 11.5. The van der Waals surface area contributed by atoms with E-state index in [0.717, 1.165) is 0 Å². The Kier molecular flexibility index (Phi) is 6.55. The van der Waals surface area contributed by atoms with Gasteiger partial charge < -0.3 is 4.98 Å². The number of nitrogens with one attached hydrogen (secondary N) is 1. The van der Waals surface area contributed by atoms with Crippen LogP contribution in [0.15, 0.2) is 49.4 Å². The van der Waals surface area contributed by atoms with Gasteiger partial charge in [-0.1, -0.05) is 45.2 Å². The van der Waals surface area contributed by atoms with Crippen molar-refractivity contribution < 1.29 is 4.79 Å². The minimum atomic E-state index is -0.181. The lowest BCUT2D eigenvalue weighted by atomic mass is 10.1. The van der Waals surface area contributed by atoms with Crippen LogP contribution in [-0.4, -0.2) is 15.8 Å². The average Bonchev–Trinajstić information content (AvgIpc) is 2.81. The van der Waals surface area contributed by atoms with Gasteiger partial charge in [-0.15, -0.1) is 0 Å². The van der Waals surface area contributed by atoms with E-state index in [2.05, 4.69) is 23.1 Å². The number of carbonyl (C=O) groups is 1. The van der Waals surface area contributed by atoms with E-state index >= 15 is 0 Å². The van der Waals surface area contributed by atoms with E-state index in [1.54, 1.807) is 12.3 Å². The highest BCUT2D eigenvalue weighted by Crippen LogP contribution is 2.04. The second-order valence-corrected chi connectivity index (χ2v) is 2.33. The SMILES string of the molecule is C=C/C=C(\C=C)C(=O)c1ncc[nH]1.CC. The summed E-state index contributed by atoms with van der Waals surface area (Å²) in [6.07, 6.45) is 7.74. The molecule has 0 radical (unpaired) electrons.